The standard InChI is InChI=1S/C7H7BrF2N2O/c1-2-4-5(8)6(12-3-11-4)13-7(9)10/h3,7H,2H2,1H3. The zero-order chi connectivity index (χ0) is 9.84. The van der Waals surface area contributed by atoms with Gasteiger partial charge in [-0.3, -0.25) is 0 Å². The number of nitrogens with zero attached hydrogens (tertiary/aromatic N) is 2. The van der Waals surface area contributed by atoms with Crippen molar-refractivity contribution in [2.75, 3.05) is 0 Å². The van der Waals surface area contributed by atoms with Gasteiger partial charge in [-0.15, -0.1) is 0 Å². The van der Waals surface area contributed by atoms with E-state index in [4.69, 9.17) is 0 Å². The second kappa shape index (κ2) is 4.45. The van der Waals surface area contributed by atoms with Crippen molar-refractivity contribution in [1.82, 2.24) is 9.97 Å². The van der Waals surface area contributed by atoms with Crippen LogP contribution in [0, 0.1) is 0 Å². The van der Waals surface area contributed by atoms with Crippen molar-refractivity contribution in [3.05, 3.63) is 16.5 Å². The van der Waals surface area contributed by atoms with Crippen LogP contribution in [0.15, 0.2) is 10.8 Å². The Hall–Kier alpha value is -0.780. The van der Waals surface area contributed by atoms with Crippen LogP contribution in [0.5, 0.6) is 5.88 Å². The van der Waals surface area contributed by atoms with Crippen molar-refractivity contribution < 1.29 is 13.5 Å². The summed E-state index contributed by atoms with van der Waals surface area (Å²) in [6.45, 7) is -1.00. The fourth-order valence-corrected chi connectivity index (χ4v) is 1.38. The molecule has 72 valence electrons. The van der Waals surface area contributed by atoms with Gasteiger partial charge in [-0.25, -0.2) is 9.97 Å². The Morgan fingerprint density at radius 3 is 2.77 bits per heavy atom. The zero-order valence-electron chi connectivity index (χ0n) is 6.80. The molecule has 0 aliphatic rings. The summed E-state index contributed by atoms with van der Waals surface area (Å²) in [5, 5.41) is 0. The van der Waals surface area contributed by atoms with E-state index < -0.39 is 6.61 Å². The highest BCUT2D eigenvalue weighted by Gasteiger charge is 2.12. The maximum Gasteiger partial charge on any atom is 0.388 e. The van der Waals surface area contributed by atoms with Crippen molar-refractivity contribution in [3.8, 4) is 5.88 Å². The number of rotatable bonds is 3. The molecule has 0 amide bonds. The predicted octanol–water partition coefficient (Wildman–Crippen LogP) is 2.40. The van der Waals surface area contributed by atoms with E-state index in [-0.39, 0.29) is 5.88 Å². The molecule has 0 fully saturated rings. The molecule has 6 heteroatoms. The van der Waals surface area contributed by atoms with Crippen LogP contribution in [0.1, 0.15) is 12.6 Å². The van der Waals surface area contributed by atoms with Gasteiger partial charge in [-0.1, -0.05) is 6.92 Å². The summed E-state index contributed by atoms with van der Waals surface area (Å²) in [6.07, 6.45) is 1.82. The molecule has 0 aliphatic heterocycles. The minimum absolute atomic E-state index is 0.123. The molecule has 0 bridgehead atoms. The molecular weight excluding hydrogens is 246 g/mol. The van der Waals surface area contributed by atoms with Crippen LogP contribution in [0.25, 0.3) is 0 Å². The number of aromatic nitrogens is 2. The molecule has 13 heavy (non-hydrogen) atoms. The molecule has 0 aliphatic carbocycles. The number of ether oxygens (including phenoxy) is 1. The smallest absolute Gasteiger partial charge is 0.388 e. The van der Waals surface area contributed by atoms with Gasteiger partial charge < -0.3 is 4.74 Å². The number of alkyl halides is 2. The van der Waals surface area contributed by atoms with E-state index in [1.54, 1.807) is 0 Å². The number of hydrogen-bond donors (Lipinski definition) is 0. The molecule has 0 radical (unpaired) electrons. The van der Waals surface area contributed by atoms with Gasteiger partial charge in [0.05, 0.1) is 5.69 Å². The van der Waals surface area contributed by atoms with Gasteiger partial charge in [0.2, 0.25) is 5.88 Å². The van der Waals surface area contributed by atoms with Crippen molar-refractivity contribution in [1.29, 1.82) is 0 Å². The lowest BCUT2D eigenvalue weighted by molar-refractivity contribution is -0.0535. The van der Waals surface area contributed by atoms with Crippen LogP contribution >= 0.6 is 15.9 Å². The SMILES string of the molecule is CCc1ncnc(OC(F)F)c1Br. The Kier molecular flexibility index (Phi) is 3.53. The van der Waals surface area contributed by atoms with Crippen LogP contribution in [-0.2, 0) is 6.42 Å². The predicted molar refractivity (Wildman–Crippen MR) is 45.7 cm³/mol. The number of aryl methyl sites for hydroxylation is 1. The highest BCUT2D eigenvalue weighted by molar-refractivity contribution is 9.10. The topological polar surface area (TPSA) is 35.0 Å². The average molecular weight is 253 g/mol. The molecule has 0 atom stereocenters. The van der Waals surface area contributed by atoms with Crippen LogP contribution in [0.2, 0.25) is 0 Å². The zero-order valence-corrected chi connectivity index (χ0v) is 8.38. The first-order chi connectivity index (χ1) is 6.15. The van der Waals surface area contributed by atoms with Gasteiger partial charge in [0.25, 0.3) is 0 Å². The van der Waals surface area contributed by atoms with Crippen molar-refractivity contribution in [2.24, 2.45) is 0 Å². The third-order valence-corrected chi connectivity index (χ3v) is 2.16. The lowest BCUT2D eigenvalue weighted by atomic mass is 10.3. The molecule has 3 nitrogen and oxygen atoms in total. The van der Waals surface area contributed by atoms with Crippen LogP contribution < -0.4 is 4.74 Å². The van der Waals surface area contributed by atoms with Crippen LogP contribution in [0.3, 0.4) is 0 Å². The molecular formula is C7H7BrF2N2O. The minimum Gasteiger partial charge on any atom is -0.416 e. The van der Waals surface area contributed by atoms with E-state index in [1.165, 1.54) is 6.33 Å². The second-order valence-corrected chi connectivity index (χ2v) is 2.96. The summed E-state index contributed by atoms with van der Waals surface area (Å²) in [6, 6.07) is 0. The Morgan fingerprint density at radius 1 is 1.54 bits per heavy atom. The summed E-state index contributed by atoms with van der Waals surface area (Å²) >= 11 is 3.09. The Labute approximate surface area is 82.3 Å². The maximum absolute atomic E-state index is 11.8. The van der Waals surface area contributed by atoms with E-state index in [2.05, 4.69) is 30.6 Å². The Morgan fingerprint density at radius 2 is 2.23 bits per heavy atom. The molecule has 0 N–H and O–H groups in total. The van der Waals surface area contributed by atoms with Gasteiger partial charge >= 0.3 is 6.61 Å². The summed E-state index contributed by atoms with van der Waals surface area (Å²) in [4.78, 5) is 7.45. The highest BCUT2D eigenvalue weighted by Crippen LogP contribution is 2.25. The van der Waals surface area contributed by atoms with Crippen LogP contribution in [-0.4, -0.2) is 16.6 Å². The first-order valence-electron chi connectivity index (χ1n) is 3.59. The Bertz CT molecular complexity index is 296. The maximum atomic E-state index is 11.8. The molecule has 0 saturated heterocycles. The van der Waals surface area contributed by atoms with E-state index in [0.717, 1.165) is 0 Å². The summed E-state index contributed by atoms with van der Waals surface area (Å²) in [7, 11) is 0. The fraction of sp³-hybridized carbons (Fsp3) is 0.429. The molecule has 0 spiro atoms. The van der Waals surface area contributed by atoms with Crippen LogP contribution in [0.4, 0.5) is 8.78 Å². The summed E-state index contributed by atoms with van der Waals surface area (Å²) in [5.41, 5.74) is 0.644. The van der Waals surface area contributed by atoms with Crippen molar-refractivity contribution in [3.63, 3.8) is 0 Å². The minimum atomic E-state index is -2.86. The largest absolute Gasteiger partial charge is 0.416 e. The Balaban J connectivity index is 2.94. The molecule has 1 heterocycles. The number of hydrogen-bond acceptors (Lipinski definition) is 3. The van der Waals surface area contributed by atoms with E-state index in [0.29, 0.717) is 16.6 Å². The molecule has 0 unspecified atom stereocenters. The number of halogens is 3. The van der Waals surface area contributed by atoms with E-state index in [1.807, 2.05) is 6.92 Å². The first kappa shape index (κ1) is 10.3. The van der Waals surface area contributed by atoms with Gasteiger partial charge in [0.1, 0.15) is 10.8 Å². The van der Waals surface area contributed by atoms with Crippen molar-refractivity contribution >= 4 is 15.9 Å². The molecule has 1 aromatic rings. The van der Waals surface area contributed by atoms with Gasteiger partial charge in [-0.05, 0) is 22.4 Å². The molecule has 1 rings (SSSR count). The second-order valence-electron chi connectivity index (χ2n) is 2.17. The monoisotopic (exact) mass is 252 g/mol. The lowest BCUT2D eigenvalue weighted by Gasteiger charge is -2.06. The average Bonchev–Trinajstić information content (AvgIpc) is 2.08. The quantitative estimate of drug-likeness (QED) is 0.829. The van der Waals surface area contributed by atoms with Gasteiger partial charge in [-0.2, -0.15) is 8.78 Å². The summed E-state index contributed by atoms with van der Waals surface area (Å²) < 4.78 is 28.2. The summed E-state index contributed by atoms with van der Waals surface area (Å²) in [5.74, 6) is -0.123. The van der Waals surface area contributed by atoms with Gasteiger partial charge in [0.15, 0.2) is 0 Å². The van der Waals surface area contributed by atoms with E-state index >= 15 is 0 Å². The third-order valence-electron chi connectivity index (χ3n) is 1.37. The third kappa shape index (κ3) is 2.58. The highest BCUT2D eigenvalue weighted by atomic mass is 79.9. The molecule has 0 saturated carbocycles. The molecule has 1 aromatic heterocycles. The van der Waals surface area contributed by atoms with E-state index in [9.17, 15) is 8.78 Å². The van der Waals surface area contributed by atoms with Crippen molar-refractivity contribution in [2.45, 2.75) is 20.0 Å². The normalized spacial score (nSPS) is 10.5. The first-order valence-corrected chi connectivity index (χ1v) is 4.38. The fourth-order valence-electron chi connectivity index (χ4n) is 0.801. The van der Waals surface area contributed by atoms with Gasteiger partial charge in [0, 0.05) is 0 Å². The lowest BCUT2D eigenvalue weighted by Crippen LogP contribution is -2.05. The molecule has 0 aromatic carbocycles.